The van der Waals surface area contributed by atoms with Crippen LogP contribution >= 0.6 is 0 Å². The van der Waals surface area contributed by atoms with Gasteiger partial charge in [0.1, 0.15) is 19.0 Å². The Labute approximate surface area is 151 Å². The third-order valence-electron chi connectivity index (χ3n) is 4.81. The van der Waals surface area contributed by atoms with Gasteiger partial charge in [0, 0.05) is 31.3 Å². The van der Waals surface area contributed by atoms with Crippen LogP contribution in [0.1, 0.15) is 24.5 Å². The molecule has 138 valence electrons. The predicted molar refractivity (Wildman–Crippen MR) is 95.6 cm³/mol. The van der Waals surface area contributed by atoms with Gasteiger partial charge in [0.05, 0.1) is 0 Å². The molecule has 1 fully saturated rings. The number of carbonyl (C=O) groups excluding carboxylic acids is 1. The largest absolute Gasteiger partial charge is 0.486 e. The monoisotopic (exact) mass is 357 g/mol. The summed E-state index contributed by atoms with van der Waals surface area (Å²) in [6.45, 7) is 4.47. The van der Waals surface area contributed by atoms with Crippen LogP contribution in [0, 0.1) is 12.8 Å². The quantitative estimate of drug-likeness (QED) is 0.880. The van der Waals surface area contributed by atoms with E-state index in [4.69, 9.17) is 9.47 Å². The van der Waals surface area contributed by atoms with Gasteiger partial charge < -0.3 is 19.7 Å². The number of nitrogens with one attached hydrogen (secondary N) is 2. The number of aromatic amines is 1. The number of hydrogen-bond donors (Lipinski definition) is 2. The summed E-state index contributed by atoms with van der Waals surface area (Å²) in [7, 11) is 0. The van der Waals surface area contributed by atoms with Gasteiger partial charge in [-0.25, -0.2) is 9.78 Å². The molecule has 0 radical (unpaired) electrons. The van der Waals surface area contributed by atoms with Crippen LogP contribution in [0.2, 0.25) is 0 Å². The van der Waals surface area contributed by atoms with E-state index >= 15 is 0 Å². The minimum absolute atomic E-state index is 0.0751. The molecule has 0 bridgehead atoms. The third-order valence-corrected chi connectivity index (χ3v) is 4.81. The van der Waals surface area contributed by atoms with Crippen LogP contribution in [-0.2, 0) is 6.42 Å². The lowest BCUT2D eigenvalue weighted by Gasteiger charge is -2.31. The van der Waals surface area contributed by atoms with E-state index in [-0.39, 0.29) is 6.03 Å². The molecule has 1 saturated heterocycles. The number of anilines is 1. The maximum absolute atomic E-state index is 12.5. The summed E-state index contributed by atoms with van der Waals surface area (Å²) in [5.41, 5.74) is 0.720. The molecule has 0 saturated carbocycles. The number of likely N-dealkylation sites (tertiary alicyclic amines) is 1. The van der Waals surface area contributed by atoms with Gasteiger partial charge in [0.15, 0.2) is 17.3 Å². The van der Waals surface area contributed by atoms with Gasteiger partial charge in [0.25, 0.3) is 0 Å². The van der Waals surface area contributed by atoms with E-state index in [0.29, 0.717) is 24.9 Å². The fraction of sp³-hybridized carbons (Fsp3) is 0.500. The Bertz CT molecular complexity index is 783. The standard InChI is InChI=1S/C18H23N5O3/c1-12-19-17(22-21-12)10-13-4-6-23(7-5-13)18(24)20-14-2-3-15-16(11-14)26-9-8-25-15/h2-3,11,13H,4-10H2,1H3,(H,20,24)(H,19,21,22). The highest BCUT2D eigenvalue weighted by atomic mass is 16.6. The summed E-state index contributed by atoms with van der Waals surface area (Å²) in [5, 5.41) is 10.0. The lowest BCUT2D eigenvalue weighted by molar-refractivity contribution is 0.171. The lowest BCUT2D eigenvalue weighted by atomic mass is 9.93. The van der Waals surface area contributed by atoms with E-state index in [9.17, 15) is 4.79 Å². The molecule has 4 rings (SSSR count). The molecule has 2 aliphatic heterocycles. The summed E-state index contributed by atoms with van der Waals surface area (Å²) in [6, 6.07) is 5.40. The molecular formula is C18H23N5O3. The van der Waals surface area contributed by atoms with Crippen molar-refractivity contribution in [2.75, 3.05) is 31.6 Å². The Balaban J connectivity index is 1.29. The topological polar surface area (TPSA) is 92.4 Å². The number of carbonyl (C=O) groups is 1. The SMILES string of the molecule is Cc1nc(CC2CCN(C(=O)Nc3ccc4c(c3)OCCO4)CC2)n[nH]1. The highest BCUT2D eigenvalue weighted by Crippen LogP contribution is 2.32. The molecule has 1 aromatic heterocycles. The van der Waals surface area contributed by atoms with Gasteiger partial charge in [0.2, 0.25) is 0 Å². The Morgan fingerprint density at radius 3 is 2.77 bits per heavy atom. The minimum Gasteiger partial charge on any atom is -0.486 e. The first-order valence-corrected chi connectivity index (χ1v) is 9.01. The number of piperidine rings is 1. The number of ether oxygens (including phenoxy) is 2. The number of hydrogen-bond acceptors (Lipinski definition) is 5. The van der Waals surface area contributed by atoms with Crippen molar-refractivity contribution in [3.63, 3.8) is 0 Å². The van der Waals surface area contributed by atoms with Crippen molar-refractivity contribution in [1.29, 1.82) is 0 Å². The van der Waals surface area contributed by atoms with E-state index in [1.807, 2.05) is 30.0 Å². The molecule has 2 aliphatic rings. The van der Waals surface area contributed by atoms with Crippen molar-refractivity contribution >= 4 is 11.7 Å². The Morgan fingerprint density at radius 1 is 1.27 bits per heavy atom. The van der Waals surface area contributed by atoms with Crippen molar-refractivity contribution in [1.82, 2.24) is 20.1 Å². The second-order valence-electron chi connectivity index (χ2n) is 6.76. The molecule has 8 heteroatoms. The van der Waals surface area contributed by atoms with Gasteiger partial charge in [-0.15, -0.1) is 0 Å². The number of amides is 2. The molecule has 1 aromatic carbocycles. The highest BCUT2D eigenvalue weighted by Gasteiger charge is 2.24. The first-order valence-electron chi connectivity index (χ1n) is 9.01. The first-order chi connectivity index (χ1) is 12.7. The van der Waals surface area contributed by atoms with Gasteiger partial charge >= 0.3 is 6.03 Å². The number of nitrogens with zero attached hydrogens (tertiary/aromatic N) is 3. The van der Waals surface area contributed by atoms with Crippen molar-refractivity contribution in [3.05, 3.63) is 29.8 Å². The van der Waals surface area contributed by atoms with Crippen LogP contribution in [0.4, 0.5) is 10.5 Å². The van der Waals surface area contributed by atoms with Gasteiger partial charge in [-0.3, -0.25) is 5.10 Å². The summed E-state index contributed by atoms with van der Waals surface area (Å²) in [4.78, 5) is 18.7. The van der Waals surface area contributed by atoms with Gasteiger partial charge in [-0.2, -0.15) is 5.10 Å². The molecule has 0 unspecified atom stereocenters. The Morgan fingerprint density at radius 2 is 2.04 bits per heavy atom. The van der Waals surface area contributed by atoms with Crippen LogP contribution in [0.15, 0.2) is 18.2 Å². The number of fused-ring (bicyclic) bond motifs is 1. The molecule has 26 heavy (non-hydrogen) atoms. The van der Waals surface area contributed by atoms with Crippen molar-refractivity contribution in [3.8, 4) is 11.5 Å². The van der Waals surface area contributed by atoms with Gasteiger partial charge in [-0.1, -0.05) is 0 Å². The van der Waals surface area contributed by atoms with E-state index in [2.05, 4.69) is 20.5 Å². The summed E-state index contributed by atoms with van der Waals surface area (Å²) in [6.07, 6.45) is 2.78. The van der Waals surface area contributed by atoms with Crippen LogP contribution in [-0.4, -0.2) is 52.4 Å². The Kier molecular flexibility index (Phi) is 4.64. The molecule has 2 aromatic rings. The molecule has 0 aliphatic carbocycles. The van der Waals surface area contributed by atoms with E-state index in [1.54, 1.807) is 0 Å². The zero-order valence-corrected chi connectivity index (χ0v) is 14.8. The van der Waals surface area contributed by atoms with Crippen LogP contribution in [0.5, 0.6) is 11.5 Å². The molecule has 2 N–H and O–H groups in total. The molecule has 3 heterocycles. The molecule has 8 nitrogen and oxygen atoms in total. The third kappa shape index (κ3) is 3.74. The fourth-order valence-corrected chi connectivity index (χ4v) is 3.40. The van der Waals surface area contributed by atoms with Crippen molar-refractivity contribution in [2.24, 2.45) is 5.92 Å². The normalized spacial score (nSPS) is 17.2. The molecule has 0 atom stereocenters. The molecule has 2 amide bonds. The lowest BCUT2D eigenvalue weighted by Crippen LogP contribution is -2.41. The van der Waals surface area contributed by atoms with Crippen molar-refractivity contribution < 1.29 is 14.3 Å². The second kappa shape index (κ2) is 7.23. The van der Waals surface area contributed by atoms with E-state index in [0.717, 1.165) is 55.4 Å². The Hall–Kier alpha value is -2.77. The number of H-pyrrole nitrogens is 1. The smallest absolute Gasteiger partial charge is 0.321 e. The number of aryl methyl sites for hydroxylation is 1. The fourth-order valence-electron chi connectivity index (χ4n) is 3.40. The van der Waals surface area contributed by atoms with E-state index in [1.165, 1.54) is 0 Å². The number of aromatic nitrogens is 3. The first kappa shape index (κ1) is 16.7. The maximum Gasteiger partial charge on any atom is 0.321 e. The number of benzene rings is 1. The van der Waals surface area contributed by atoms with E-state index < -0.39 is 0 Å². The summed E-state index contributed by atoms with van der Waals surface area (Å²) < 4.78 is 11.1. The molecular weight excluding hydrogens is 334 g/mol. The summed E-state index contributed by atoms with van der Waals surface area (Å²) >= 11 is 0. The maximum atomic E-state index is 12.5. The minimum atomic E-state index is -0.0751. The van der Waals surface area contributed by atoms with Crippen LogP contribution in [0.3, 0.4) is 0 Å². The summed E-state index contributed by atoms with van der Waals surface area (Å²) in [5.74, 6) is 3.62. The number of rotatable bonds is 3. The molecule has 0 spiro atoms. The average Bonchev–Trinajstić information content (AvgIpc) is 3.07. The highest BCUT2D eigenvalue weighted by molar-refractivity contribution is 5.89. The van der Waals surface area contributed by atoms with Gasteiger partial charge in [-0.05, 0) is 37.8 Å². The predicted octanol–water partition coefficient (Wildman–Crippen LogP) is 2.37. The van der Waals surface area contributed by atoms with Crippen molar-refractivity contribution in [2.45, 2.75) is 26.2 Å². The second-order valence-corrected chi connectivity index (χ2v) is 6.76. The van der Waals surface area contributed by atoms with Crippen LogP contribution < -0.4 is 14.8 Å². The average molecular weight is 357 g/mol. The zero-order valence-electron chi connectivity index (χ0n) is 14.8. The van der Waals surface area contributed by atoms with Crippen LogP contribution in [0.25, 0.3) is 0 Å². The number of urea groups is 1. The zero-order chi connectivity index (χ0) is 17.9.